The quantitative estimate of drug-likeness (QED) is 0.671. The van der Waals surface area contributed by atoms with Crippen molar-refractivity contribution in [2.75, 3.05) is 0 Å². The summed E-state index contributed by atoms with van der Waals surface area (Å²) in [4.78, 5) is 11.6. The Bertz CT molecular complexity index is 323. The van der Waals surface area contributed by atoms with Gasteiger partial charge in [0.15, 0.2) is 5.78 Å². The van der Waals surface area contributed by atoms with Crippen LogP contribution in [0.25, 0.3) is 0 Å². The first-order valence-electron chi connectivity index (χ1n) is 3.47. The van der Waals surface area contributed by atoms with Gasteiger partial charge in [-0.3, -0.25) is 4.79 Å². The van der Waals surface area contributed by atoms with Crippen molar-refractivity contribution < 1.29 is 4.79 Å². The van der Waals surface area contributed by atoms with Gasteiger partial charge < -0.3 is 0 Å². The molecule has 0 aliphatic carbocycles. The molecule has 0 aromatic carbocycles. The van der Waals surface area contributed by atoms with Crippen molar-refractivity contribution in [3.8, 4) is 0 Å². The molecule has 3 heteroatoms. The van der Waals surface area contributed by atoms with Crippen LogP contribution in [0.2, 0.25) is 0 Å². The van der Waals surface area contributed by atoms with Crippen LogP contribution < -0.4 is 0 Å². The summed E-state index contributed by atoms with van der Waals surface area (Å²) in [6.07, 6.45) is 0. The van der Waals surface area contributed by atoms with Gasteiger partial charge in [0.1, 0.15) is 0 Å². The number of carbonyl (C=O) groups excluding carboxylic acids is 1. The van der Waals surface area contributed by atoms with Crippen LogP contribution in [0.5, 0.6) is 0 Å². The summed E-state index contributed by atoms with van der Waals surface area (Å²) in [7, 11) is 0. The van der Waals surface area contributed by atoms with Crippen LogP contribution in [0.4, 0.5) is 0 Å². The summed E-state index contributed by atoms with van der Waals surface area (Å²) in [5.41, 5.74) is 1.58. The van der Waals surface area contributed by atoms with Crippen molar-refractivity contribution in [1.29, 1.82) is 0 Å². The Morgan fingerprint density at radius 2 is 1.50 bits per heavy atom. The zero-order valence-electron chi connectivity index (χ0n) is 6.19. The fraction of sp³-hybridized carbons (Fsp3) is 0. The third kappa shape index (κ3) is 1.33. The number of hydrogen-bond donors (Lipinski definition) is 0. The van der Waals surface area contributed by atoms with Gasteiger partial charge in [-0.05, 0) is 22.9 Å². The highest BCUT2D eigenvalue weighted by Crippen LogP contribution is 2.14. The molecule has 0 atom stereocenters. The lowest BCUT2D eigenvalue weighted by molar-refractivity contribution is 0.103. The number of carbonyl (C=O) groups is 1. The predicted molar refractivity (Wildman–Crippen MR) is 52.1 cm³/mol. The Labute approximate surface area is 78.3 Å². The number of hydrogen-bond acceptors (Lipinski definition) is 3. The lowest BCUT2D eigenvalue weighted by Gasteiger charge is -1.90. The Morgan fingerprint density at radius 1 is 1.00 bits per heavy atom. The van der Waals surface area contributed by atoms with Crippen molar-refractivity contribution in [2.45, 2.75) is 0 Å². The third-order valence-corrected chi connectivity index (χ3v) is 2.93. The van der Waals surface area contributed by atoms with E-state index in [1.165, 1.54) is 0 Å². The summed E-state index contributed by atoms with van der Waals surface area (Å²) < 4.78 is 0. The molecule has 12 heavy (non-hydrogen) atoms. The van der Waals surface area contributed by atoms with Crippen molar-refractivity contribution in [2.24, 2.45) is 0 Å². The van der Waals surface area contributed by atoms with Crippen molar-refractivity contribution in [3.63, 3.8) is 0 Å². The summed E-state index contributed by atoms with van der Waals surface area (Å²) in [6, 6.07) is 3.70. The van der Waals surface area contributed by atoms with E-state index in [1.807, 2.05) is 33.7 Å². The van der Waals surface area contributed by atoms with Crippen LogP contribution in [0.3, 0.4) is 0 Å². The van der Waals surface area contributed by atoms with E-state index in [0.717, 1.165) is 11.1 Å². The first-order chi connectivity index (χ1) is 5.88. The summed E-state index contributed by atoms with van der Waals surface area (Å²) in [5.74, 6) is 0.123. The van der Waals surface area contributed by atoms with E-state index < -0.39 is 0 Å². The molecular weight excluding hydrogens is 188 g/mol. The number of rotatable bonds is 2. The second-order valence-electron chi connectivity index (χ2n) is 2.35. The highest BCUT2D eigenvalue weighted by atomic mass is 32.1. The molecule has 0 aliphatic rings. The maximum absolute atomic E-state index is 11.6. The fourth-order valence-electron chi connectivity index (χ4n) is 0.954. The van der Waals surface area contributed by atoms with E-state index in [-0.39, 0.29) is 5.78 Å². The zero-order chi connectivity index (χ0) is 8.39. The van der Waals surface area contributed by atoms with E-state index in [0.29, 0.717) is 0 Å². The largest absolute Gasteiger partial charge is 0.289 e. The molecule has 0 fully saturated rings. The average Bonchev–Trinajstić information content (AvgIpc) is 2.77. The standard InChI is InChI=1S/C9H6OS2/c10-9(7-1-3-11-5-7)8-2-4-12-6-8/h1-6H. The van der Waals surface area contributed by atoms with Crippen LogP contribution in [0, 0.1) is 0 Å². The smallest absolute Gasteiger partial charge is 0.194 e. The molecule has 0 N–H and O–H groups in total. The lowest BCUT2D eigenvalue weighted by atomic mass is 10.1. The van der Waals surface area contributed by atoms with Crippen molar-refractivity contribution in [3.05, 3.63) is 44.8 Å². The molecule has 2 heterocycles. The van der Waals surface area contributed by atoms with Crippen LogP contribution in [-0.4, -0.2) is 5.78 Å². The second kappa shape index (κ2) is 3.21. The first kappa shape index (κ1) is 7.71. The topological polar surface area (TPSA) is 17.1 Å². The SMILES string of the molecule is O=C(c1ccsc1)c1ccsc1. The van der Waals surface area contributed by atoms with Gasteiger partial charge in [-0.2, -0.15) is 22.7 Å². The molecule has 0 radical (unpaired) electrons. The van der Waals surface area contributed by atoms with E-state index in [1.54, 1.807) is 22.7 Å². The highest BCUT2D eigenvalue weighted by molar-refractivity contribution is 7.08. The van der Waals surface area contributed by atoms with Crippen LogP contribution in [0.1, 0.15) is 15.9 Å². The van der Waals surface area contributed by atoms with Gasteiger partial charge in [-0.15, -0.1) is 0 Å². The minimum atomic E-state index is 0.123. The van der Waals surface area contributed by atoms with E-state index in [2.05, 4.69) is 0 Å². The monoisotopic (exact) mass is 194 g/mol. The van der Waals surface area contributed by atoms with Crippen LogP contribution >= 0.6 is 22.7 Å². The second-order valence-corrected chi connectivity index (χ2v) is 3.91. The molecule has 0 amide bonds. The molecule has 0 saturated heterocycles. The van der Waals surface area contributed by atoms with Crippen LogP contribution in [-0.2, 0) is 0 Å². The predicted octanol–water partition coefficient (Wildman–Crippen LogP) is 3.04. The van der Waals surface area contributed by atoms with Gasteiger partial charge in [-0.1, -0.05) is 0 Å². The van der Waals surface area contributed by atoms with Crippen molar-refractivity contribution in [1.82, 2.24) is 0 Å². The van der Waals surface area contributed by atoms with E-state index in [4.69, 9.17) is 0 Å². The molecule has 2 rings (SSSR count). The van der Waals surface area contributed by atoms with Gasteiger partial charge in [-0.25, -0.2) is 0 Å². The number of ketones is 1. The summed E-state index contributed by atoms with van der Waals surface area (Å²) in [6.45, 7) is 0. The van der Waals surface area contributed by atoms with Gasteiger partial charge in [0.25, 0.3) is 0 Å². The molecule has 1 nitrogen and oxygen atoms in total. The Hall–Kier alpha value is -0.930. The zero-order valence-corrected chi connectivity index (χ0v) is 7.82. The van der Waals surface area contributed by atoms with Gasteiger partial charge in [0.05, 0.1) is 0 Å². The van der Waals surface area contributed by atoms with Gasteiger partial charge >= 0.3 is 0 Å². The molecule has 2 aromatic rings. The molecule has 0 spiro atoms. The van der Waals surface area contributed by atoms with E-state index in [9.17, 15) is 4.79 Å². The Morgan fingerprint density at radius 3 is 1.83 bits per heavy atom. The lowest BCUT2D eigenvalue weighted by Crippen LogP contribution is -1.96. The first-order valence-corrected chi connectivity index (χ1v) is 5.35. The van der Waals surface area contributed by atoms with E-state index >= 15 is 0 Å². The normalized spacial score (nSPS) is 10.0. The number of thiophene rings is 2. The molecule has 0 bridgehead atoms. The maximum Gasteiger partial charge on any atom is 0.194 e. The van der Waals surface area contributed by atoms with Crippen molar-refractivity contribution >= 4 is 28.5 Å². The Balaban J connectivity index is 2.34. The van der Waals surface area contributed by atoms with Gasteiger partial charge in [0, 0.05) is 21.9 Å². The molecule has 60 valence electrons. The molecule has 0 aliphatic heterocycles. The average molecular weight is 194 g/mol. The molecule has 0 saturated carbocycles. The Kier molecular flexibility index (Phi) is 2.06. The van der Waals surface area contributed by atoms with Gasteiger partial charge in [0.2, 0.25) is 0 Å². The molecular formula is C9H6OS2. The maximum atomic E-state index is 11.6. The highest BCUT2D eigenvalue weighted by Gasteiger charge is 2.08. The minimum absolute atomic E-state index is 0.123. The third-order valence-electron chi connectivity index (χ3n) is 1.57. The van der Waals surface area contributed by atoms with Crippen LogP contribution in [0.15, 0.2) is 33.7 Å². The molecule has 0 unspecified atom stereocenters. The summed E-state index contributed by atoms with van der Waals surface area (Å²) in [5, 5.41) is 7.58. The minimum Gasteiger partial charge on any atom is -0.289 e. The summed E-state index contributed by atoms with van der Waals surface area (Å²) >= 11 is 3.10. The molecule has 2 aromatic heterocycles. The fourth-order valence-corrected chi connectivity index (χ4v) is 2.23.